The number of nitrogens with two attached hydrogens (primary N) is 1. The van der Waals surface area contributed by atoms with Crippen molar-refractivity contribution in [1.82, 2.24) is 29.2 Å². The van der Waals surface area contributed by atoms with E-state index in [0.717, 1.165) is 11.9 Å². The number of imidazole rings is 1. The van der Waals surface area contributed by atoms with Crippen molar-refractivity contribution in [1.29, 1.82) is 0 Å². The summed E-state index contributed by atoms with van der Waals surface area (Å²) in [6.45, 7) is 9.01. The molecule has 1 aromatic carbocycles. The van der Waals surface area contributed by atoms with Gasteiger partial charge in [0, 0.05) is 37.0 Å². The smallest absolute Gasteiger partial charge is 0.246 e. The zero-order valence-electron chi connectivity index (χ0n) is 19.0. The molecule has 0 spiro atoms. The number of likely N-dealkylation sites (tertiary alicyclic amines) is 1. The number of anilines is 1. The normalized spacial score (nSPS) is 15.6. The second-order valence-corrected chi connectivity index (χ2v) is 8.33. The second-order valence-electron chi connectivity index (χ2n) is 8.33. The van der Waals surface area contributed by atoms with Gasteiger partial charge in [0.05, 0.1) is 28.8 Å². The van der Waals surface area contributed by atoms with E-state index in [-0.39, 0.29) is 17.8 Å². The lowest BCUT2D eigenvalue weighted by Gasteiger charge is -2.15. The van der Waals surface area contributed by atoms with Gasteiger partial charge in [0.2, 0.25) is 5.91 Å². The number of hydrogen-bond acceptors (Lipinski definition) is 5. The van der Waals surface area contributed by atoms with Crippen LogP contribution in [0.2, 0.25) is 0 Å². The van der Waals surface area contributed by atoms with Crippen LogP contribution in [0.5, 0.6) is 0 Å². The summed E-state index contributed by atoms with van der Waals surface area (Å²) in [7, 11) is 0. The van der Waals surface area contributed by atoms with Crippen LogP contribution in [0.1, 0.15) is 36.2 Å². The van der Waals surface area contributed by atoms with Crippen LogP contribution in [0.4, 0.5) is 10.2 Å². The first-order valence-corrected chi connectivity index (χ1v) is 11.1. The zero-order chi connectivity index (χ0) is 24.0. The lowest BCUT2D eigenvalue weighted by Crippen LogP contribution is -2.27. The van der Waals surface area contributed by atoms with E-state index in [1.165, 1.54) is 6.08 Å². The molecule has 1 aliphatic heterocycles. The summed E-state index contributed by atoms with van der Waals surface area (Å²) < 4.78 is 18.7. The number of rotatable bonds is 3. The number of nitrogens with zero attached hydrogens (tertiary/aromatic N) is 6. The van der Waals surface area contributed by atoms with Gasteiger partial charge in [-0.2, -0.15) is 5.10 Å². The van der Waals surface area contributed by atoms with Gasteiger partial charge < -0.3 is 15.2 Å². The maximum absolute atomic E-state index is 15.1. The molecule has 4 aromatic rings. The van der Waals surface area contributed by atoms with Gasteiger partial charge in [-0.1, -0.05) is 12.5 Å². The fourth-order valence-electron chi connectivity index (χ4n) is 4.53. The highest BCUT2D eigenvalue weighted by Crippen LogP contribution is 2.30. The number of benzene rings is 1. The van der Waals surface area contributed by atoms with Crippen molar-refractivity contribution in [3.8, 4) is 11.8 Å². The summed E-state index contributed by atoms with van der Waals surface area (Å²) in [5.74, 6) is 6.06. The molecule has 3 aromatic heterocycles. The molecular weight excluding hydrogens is 433 g/mol. The minimum absolute atomic E-state index is 0.0164. The molecule has 4 heterocycles. The minimum Gasteiger partial charge on any atom is -0.383 e. The molecule has 1 aliphatic rings. The van der Waals surface area contributed by atoms with E-state index in [9.17, 15) is 4.79 Å². The second kappa shape index (κ2) is 8.30. The van der Waals surface area contributed by atoms with Crippen molar-refractivity contribution in [2.75, 3.05) is 18.8 Å². The molecule has 9 heteroatoms. The third-order valence-corrected chi connectivity index (χ3v) is 6.39. The first kappa shape index (κ1) is 21.6. The topological polar surface area (TPSA) is 94.9 Å². The molecule has 1 atom stereocenters. The van der Waals surface area contributed by atoms with Gasteiger partial charge in [-0.3, -0.25) is 9.48 Å². The van der Waals surface area contributed by atoms with E-state index in [1.54, 1.807) is 35.0 Å². The Morgan fingerprint density at radius 3 is 2.97 bits per heavy atom. The minimum atomic E-state index is -0.323. The average molecular weight is 458 g/mol. The zero-order valence-corrected chi connectivity index (χ0v) is 19.0. The molecule has 0 unspecified atom stereocenters. The first-order chi connectivity index (χ1) is 16.4. The van der Waals surface area contributed by atoms with Crippen LogP contribution < -0.4 is 5.73 Å². The number of aryl methyl sites for hydroxylation is 1. The predicted molar refractivity (Wildman–Crippen MR) is 128 cm³/mol. The van der Waals surface area contributed by atoms with Crippen molar-refractivity contribution in [2.45, 2.75) is 32.9 Å². The molecule has 1 saturated heterocycles. The molecular formula is C25H24FN7O. The number of fused-ring (bicyclic) bond motifs is 2. The van der Waals surface area contributed by atoms with Crippen molar-refractivity contribution >= 4 is 33.7 Å². The highest BCUT2D eigenvalue weighted by molar-refractivity contribution is 5.93. The highest BCUT2D eigenvalue weighted by Gasteiger charge is 2.29. The van der Waals surface area contributed by atoms with Crippen LogP contribution >= 0.6 is 0 Å². The Morgan fingerprint density at radius 2 is 2.21 bits per heavy atom. The van der Waals surface area contributed by atoms with Crippen molar-refractivity contribution < 1.29 is 9.18 Å². The van der Waals surface area contributed by atoms with Crippen LogP contribution in [-0.4, -0.2) is 48.2 Å². The molecule has 5 rings (SSSR count). The molecule has 0 bridgehead atoms. The number of pyridine rings is 1. The number of carbonyl (C=O) groups is 1. The maximum Gasteiger partial charge on any atom is 0.246 e. The number of halogens is 1. The Bertz CT molecular complexity index is 1520. The maximum atomic E-state index is 15.1. The largest absolute Gasteiger partial charge is 0.383 e. The first-order valence-electron chi connectivity index (χ1n) is 11.1. The number of aromatic nitrogens is 5. The van der Waals surface area contributed by atoms with Crippen LogP contribution in [0.25, 0.3) is 21.9 Å². The van der Waals surface area contributed by atoms with Crippen LogP contribution in [0, 0.1) is 24.6 Å². The van der Waals surface area contributed by atoms with Crippen LogP contribution in [-0.2, 0) is 11.3 Å². The number of carbonyl (C=O) groups excluding carboxylic acids is 1. The third kappa shape index (κ3) is 3.39. The van der Waals surface area contributed by atoms with Crippen LogP contribution in [0.15, 0.2) is 37.3 Å². The molecule has 2 N–H and O–H groups in total. The molecule has 0 radical (unpaired) electrons. The van der Waals surface area contributed by atoms with Crippen molar-refractivity contribution in [3.05, 3.63) is 59.9 Å². The Hall–Kier alpha value is -4.19. The molecule has 34 heavy (non-hydrogen) atoms. The van der Waals surface area contributed by atoms with E-state index in [1.807, 2.05) is 17.7 Å². The molecule has 0 saturated carbocycles. The van der Waals surface area contributed by atoms with Crippen molar-refractivity contribution in [2.24, 2.45) is 0 Å². The lowest BCUT2D eigenvalue weighted by atomic mass is 10.1. The van der Waals surface area contributed by atoms with Crippen molar-refractivity contribution in [3.63, 3.8) is 0 Å². The Balaban J connectivity index is 1.59. The summed E-state index contributed by atoms with van der Waals surface area (Å²) in [4.78, 5) is 22.3. The Labute approximate surface area is 195 Å². The van der Waals surface area contributed by atoms with E-state index < -0.39 is 0 Å². The lowest BCUT2D eigenvalue weighted by molar-refractivity contribution is -0.125. The summed E-state index contributed by atoms with van der Waals surface area (Å²) in [5, 5.41) is 5.40. The molecule has 0 aliphatic carbocycles. The Morgan fingerprint density at radius 1 is 1.38 bits per heavy atom. The summed E-state index contributed by atoms with van der Waals surface area (Å²) >= 11 is 0. The van der Waals surface area contributed by atoms with Gasteiger partial charge in [0.1, 0.15) is 17.0 Å². The average Bonchev–Trinajstić information content (AvgIpc) is 3.57. The highest BCUT2D eigenvalue weighted by atomic mass is 19.1. The molecule has 8 nitrogen and oxygen atoms in total. The van der Waals surface area contributed by atoms with Gasteiger partial charge in [0.15, 0.2) is 5.82 Å². The van der Waals surface area contributed by atoms with E-state index in [4.69, 9.17) is 10.8 Å². The number of nitrogen functional groups attached to an aromatic ring is 1. The fraction of sp³-hybridized carbons (Fsp3) is 0.280. The Kier molecular flexibility index (Phi) is 5.28. The van der Waals surface area contributed by atoms with Gasteiger partial charge in [-0.05, 0) is 44.4 Å². The van der Waals surface area contributed by atoms with Gasteiger partial charge >= 0.3 is 0 Å². The summed E-state index contributed by atoms with van der Waals surface area (Å²) in [6, 6.07) is 3.62. The number of amides is 1. The van der Waals surface area contributed by atoms with E-state index in [2.05, 4.69) is 28.4 Å². The summed E-state index contributed by atoms with van der Waals surface area (Å²) in [5.41, 5.74) is 9.50. The summed E-state index contributed by atoms with van der Waals surface area (Å²) in [6.07, 6.45) is 5.34. The quantitative estimate of drug-likeness (QED) is 0.377. The van der Waals surface area contributed by atoms with Gasteiger partial charge in [-0.25, -0.2) is 14.4 Å². The molecule has 172 valence electrons. The number of hydrogen-bond donors (Lipinski definition) is 1. The van der Waals surface area contributed by atoms with E-state index in [0.29, 0.717) is 58.7 Å². The third-order valence-electron chi connectivity index (χ3n) is 6.39. The standard InChI is InChI=1S/C25H24FN7O/c1-4-21(34)32-11-9-17(13-32)33-20-8-10-28-25(27)22(20)18(30-33)7-6-16-12-19-24(23(26)15(16)3)31(5-2)14-29-19/h4,8,10,12,14,17H,1,5,9,11,13H2,2-3H3,(H2,27,28)/t17-/m0/s1. The predicted octanol–water partition coefficient (Wildman–Crippen LogP) is 3.19. The fourth-order valence-corrected chi connectivity index (χ4v) is 4.53. The SMILES string of the molecule is C=CC(=O)N1CC[C@H](n2nc(C#Cc3cc4ncn(CC)c4c(F)c3C)c3c(N)nccc32)C1. The van der Waals surface area contributed by atoms with Gasteiger partial charge in [-0.15, -0.1) is 0 Å². The monoisotopic (exact) mass is 457 g/mol. The van der Waals surface area contributed by atoms with E-state index >= 15 is 4.39 Å². The van der Waals surface area contributed by atoms with Crippen LogP contribution in [0.3, 0.4) is 0 Å². The van der Waals surface area contributed by atoms with Gasteiger partial charge in [0.25, 0.3) is 0 Å². The molecule has 1 fully saturated rings. The molecule has 1 amide bonds.